The molecule has 0 aliphatic carbocycles. The van der Waals surface area contributed by atoms with Crippen molar-refractivity contribution in [2.24, 2.45) is 5.16 Å². The zero-order valence-electron chi connectivity index (χ0n) is 11.2. The first kappa shape index (κ1) is 16.4. The SMILES string of the molecule is CCCCCCCC(CC)=NOS(=O)(=O)CC. The number of hydrogen-bond donors (Lipinski definition) is 0. The van der Waals surface area contributed by atoms with Crippen molar-refractivity contribution in [2.45, 2.75) is 65.7 Å². The van der Waals surface area contributed by atoms with Gasteiger partial charge in [-0.25, -0.2) is 0 Å². The fourth-order valence-electron chi connectivity index (χ4n) is 1.38. The van der Waals surface area contributed by atoms with Crippen LogP contribution < -0.4 is 0 Å². The molecule has 17 heavy (non-hydrogen) atoms. The van der Waals surface area contributed by atoms with Crippen molar-refractivity contribution >= 4 is 15.8 Å². The number of nitrogens with zero attached hydrogens (tertiary/aromatic N) is 1. The summed E-state index contributed by atoms with van der Waals surface area (Å²) in [4.78, 5) is 0. The summed E-state index contributed by atoms with van der Waals surface area (Å²) in [7, 11) is -3.45. The molecule has 0 spiro atoms. The Morgan fingerprint density at radius 2 is 1.71 bits per heavy atom. The van der Waals surface area contributed by atoms with Gasteiger partial charge in [0.15, 0.2) is 0 Å². The molecule has 5 heteroatoms. The maximum Gasteiger partial charge on any atom is 0.328 e. The van der Waals surface area contributed by atoms with Gasteiger partial charge in [-0.1, -0.05) is 44.7 Å². The van der Waals surface area contributed by atoms with Crippen molar-refractivity contribution in [3.63, 3.8) is 0 Å². The topological polar surface area (TPSA) is 55.7 Å². The molecular weight excluding hydrogens is 238 g/mol. The van der Waals surface area contributed by atoms with Crippen LogP contribution in [0.1, 0.15) is 65.7 Å². The molecule has 0 unspecified atom stereocenters. The van der Waals surface area contributed by atoms with Crippen LogP contribution in [0.2, 0.25) is 0 Å². The minimum absolute atomic E-state index is 0.0377. The second-order valence-corrected chi connectivity index (χ2v) is 5.94. The van der Waals surface area contributed by atoms with E-state index < -0.39 is 10.1 Å². The lowest BCUT2D eigenvalue weighted by atomic mass is 10.1. The van der Waals surface area contributed by atoms with Crippen molar-refractivity contribution in [3.05, 3.63) is 0 Å². The van der Waals surface area contributed by atoms with Crippen LogP contribution >= 0.6 is 0 Å². The van der Waals surface area contributed by atoms with Crippen LogP contribution in [-0.4, -0.2) is 19.9 Å². The molecule has 0 saturated carbocycles. The zero-order chi connectivity index (χ0) is 13.1. The van der Waals surface area contributed by atoms with Crippen LogP contribution in [-0.2, 0) is 14.4 Å². The van der Waals surface area contributed by atoms with Gasteiger partial charge in [0.1, 0.15) is 0 Å². The third kappa shape index (κ3) is 9.15. The largest absolute Gasteiger partial charge is 0.328 e. The Hall–Kier alpha value is -0.580. The maximum absolute atomic E-state index is 11.1. The predicted octanol–water partition coefficient (Wildman–Crippen LogP) is 3.48. The van der Waals surface area contributed by atoms with Gasteiger partial charge in [0.2, 0.25) is 0 Å². The van der Waals surface area contributed by atoms with Crippen LogP contribution in [0.4, 0.5) is 0 Å². The first-order valence-electron chi connectivity index (χ1n) is 6.52. The maximum atomic E-state index is 11.1. The van der Waals surface area contributed by atoms with E-state index >= 15 is 0 Å². The summed E-state index contributed by atoms with van der Waals surface area (Å²) in [6.07, 6.45) is 7.54. The number of rotatable bonds is 10. The number of oxime groups is 1. The molecule has 102 valence electrons. The summed E-state index contributed by atoms with van der Waals surface area (Å²) in [5.41, 5.74) is 0.832. The van der Waals surface area contributed by atoms with Gasteiger partial charge in [-0.15, -0.1) is 0 Å². The van der Waals surface area contributed by atoms with Crippen molar-refractivity contribution in [1.82, 2.24) is 0 Å². The summed E-state index contributed by atoms with van der Waals surface area (Å²) >= 11 is 0. The van der Waals surface area contributed by atoms with Gasteiger partial charge in [0.25, 0.3) is 0 Å². The van der Waals surface area contributed by atoms with E-state index in [-0.39, 0.29) is 5.75 Å². The number of hydrogen-bond acceptors (Lipinski definition) is 4. The average molecular weight is 263 g/mol. The van der Waals surface area contributed by atoms with Gasteiger partial charge in [-0.3, -0.25) is 4.28 Å². The second kappa shape index (κ2) is 9.45. The molecule has 0 aromatic heterocycles. The quantitative estimate of drug-likeness (QED) is 0.344. The van der Waals surface area contributed by atoms with Crippen LogP contribution in [0.15, 0.2) is 5.16 Å². The minimum atomic E-state index is -3.45. The van der Waals surface area contributed by atoms with Crippen molar-refractivity contribution < 1.29 is 12.7 Å². The molecule has 0 bridgehead atoms. The molecule has 0 saturated heterocycles. The molecule has 0 aliphatic rings. The van der Waals surface area contributed by atoms with E-state index in [0.717, 1.165) is 25.0 Å². The molecule has 4 nitrogen and oxygen atoms in total. The Balaban J connectivity index is 3.94. The highest BCUT2D eigenvalue weighted by atomic mass is 32.2. The molecule has 0 rings (SSSR count). The van der Waals surface area contributed by atoms with E-state index in [1.807, 2.05) is 6.92 Å². The number of unbranched alkanes of at least 4 members (excludes halogenated alkanes) is 4. The Bertz CT molecular complexity index is 310. The van der Waals surface area contributed by atoms with E-state index in [4.69, 9.17) is 0 Å². The van der Waals surface area contributed by atoms with Gasteiger partial charge in [0, 0.05) is 0 Å². The predicted molar refractivity (Wildman–Crippen MR) is 71.6 cm³/mol. The molecule has 0 aromatic rings. The van der Waals surface area contributed by atoms with Crippen LogP contribution in [0.25, 0.3) is 0 Å². The molecule has 0 radical (unpaired) electrons. The summed E-state index contributed by atoms with van der Waals surface area (Å²) in [5.74, 6) is -0.0377. The Labute approximate surface area is 106 Å². The summed E-state index contributed by atoms with van der Waals surface area (Å²) in [6.45, 7) is 5.69. The molecule has 0 N–H and O–H groups in total. The lowest BCUT2D eigenvalue weighted by Crippen LogP contribution is -2.07. The Morgan fingerprint density at radius 1 is 1.06 bits per heavy atom. The van der Waals surface area contributed by atoms with E-state index in [9.17, 15) is 8.42 Å². The van der Waals surface area contributed by atoms with Crippen LogP contribution in [0.3, 0.4) is 0 Å². The van der Waals surface area contributed by atoms with E-state index in [1.165, 1.54) is 25.7 Å². The molecule has 0 fully saturated rings. The fraction of sp³-hybridized carbons (Fsp3) is 0.917. The van der Waals surface area contributed by atoms with Gasteiger partial charge in [0.05, 0.1) is 11.5 Å². The van der Waals surface area contributed by atoms with E-state index in [0.29, 0.717) is 0 Å². The molecule has 0 atom stereocenters. The van der Waals surface area contributed by atoms with Gasteiger partial charge in [-0.2, -0.15) is 8.42 Å². The normalized spacial score (nSPS) is 12.8. The second-order valence-electron chi connectivity index (χ2n) is 4.10. The standard InChI is InChI=1S/C12H25NO3S/c1-4-7-8-9-10-11-12(5-2)13-16-17(14,15)6-3/h4-11H2,1-3H3. The van der Waals surface area contributed by atoms with Crippen molar-refractivity contribution in [3.8, 4) is 0 Å². The van der Waals surface area contributed by atoms with Crippen LogP contribution in [0, 0.1) is 0 Å². The molecule has 0 amide bonds. The highest BCUT2D eigenvalue weighted by Crippen LogP contribution is 2.08. The minimum Gasteiger partial charge on any atom is -0.269 e. The Morgan fingerprint density at radius 3 is 2.24 bits per heavy atom. The van der Waals surface area contributed by atoms with Crippen molar-refractivity contribution in [2.75, 3.05) is 5.75 Å². The third-order valence-electron chi connectivity index (χ3n) is 2.61. The molecule has 0 heterocycles. The zero-order valence-corrected chi connectivity index (χ0v) is 12.1. The lowest BCUT2D eigenvalue weighted by molar-refractivity contribution is 0.337. The summed E-state index contributed by atoms with van der Waals surface area (Å²) < 4.78 is 26.8. The third-order valence-corrected chi connectivity index (χ3v) is 3.62. The Kier molecular flexibility index (Phi) is 9.13. The summed E-state index contributed by atoms with van der Waals surface area (Å²) in [6, 6.07) is 0. The first-order chi connectivity index (χ1) is 8.05. The lowest BCUT2D eigenvalue weighted by Gasteiger charge is -2.04. The molecule has 0 aromatic carbocycles. The monoisotopic (exact) mass is 263 g/mol. The van der Waals surface area contributed by atoms with Gasteiger partial charge < -0.3 is 0 Å². The average Bonchev–Trinajstić information content (AvgIpc) is 2.32. The van der Waals surface area contributed by atoms with Gasteiger partial charge in [-0.05, 0) is 26.2 Å². The first-order valence-corrected chi connectivity index (χ1v) is 8.10. The highest BCUT2D eigenvalue weighted by molar-refractivity contribution is 7.86. The van der Waals surface area contributed by atoms with Gasteiger partial charge >= 0.3 is 10.1 Å². The summed E-state index contributed by atoms with van der Waals surface area (Å²) in [5, 5.41) is 3.73. The van der Waals surface area contributed by atoms with E-state index in [1.54, 1.807) is 6.92 Å². The molecule has 0 aliphatic heterocycles. The smallest absolute Gasteiger partial charge is 0.269 e. The van der Waals surface area contributed by atoms with Crippen LogP contribution in [0.5, 0.6) is 0 Å². The fourth-order valence-corrected chi connectivity index (χ4v) is 1.71. The highest BCUT2D eigenvalue weighted by Gasteiger charge is 2.07. The van der Waals surface area contributed by atoms with E-state index in [2.05, 4.69) is 16.4 Å². The van der Waals surface area contributed by atoms with Crippen molar-refractivity contribution in [1.29, 1.82) is 0 Å². The molecular formula is C12H25NO3S.